The van der Waals surface area contributed by atoms with E-state index in [-0.39, 0.29) is 18.1 Å². The van der Waals surface area contributed by atoms with E-state index in [0.29, 0.717) is 18.7 Å². The molecule has 0 aliphatic carbocycles. The standard InChI is InChI=1S/C22H31N5O2/c1-15-13-18-20(24-26(4)21(18)16(2)29-15)22(28)23-14-17-7-5-6-8-19(17)27-11-9-25(3)10-12-27/h5-8,15-16H,9-14H2,1-4H3,(H,23,28)/t15-,16+/m1/s1. The molecule has 7 nitrogen and oxygen atoms in total. The lowest BCUT2D eigenvalue weighted by molar-refractivity contribution is -0.00903. The number of likely N-dealkylation sites (N-methyl/N-ethyl adjacent to an activating group) is 1. The Bertz CT molecular complexity index is 885. The topological polar surface area (TPSA) is 62.6 Å². The van der Waals surface area contributed by atoms with Crippen LogP contribution in [0.2, 0.25) is 0 Å². The van der Waals surface area contributed by atoms with E-state index in [4.69, 9.17) is 4.74 Å². The molecule has 2 atom stereocenters. The average molecular weight is 398 g/mol. The van der Waals surface area contributed by atoms with Gasteiger partial charge >= 0.3 is 0 Å². The summed E-state index contributed by atoms with van der Waals surface area (Å²) in [6.45, 7) is 8.67. The fraction of sp³-hybridized carbons (Fsp3) is 0.545. The van der Waals surface area contributed by atoms with E-state index in [2.05, 4.69) is 45.5 Å². The first-order valence-electron chi connectivity index (χ1n) is 10.4. The lowest BCUT2D eigenvalue weighted by atomic mass is 9.99. The summed E-state index contributed by atoms with van der Waals surface area (Å²) in [5.74, 6) is -0.115. The molecule has 1 aromatic heterocycles. The molecule has 4 rings (SSSR count). The van der Waals surface area contributed by atoms with Crippen LogP contribution in [0.4, 0.5) is 5.69 Å². The molecule has 1 fully saturated rings. The summed E-state index contributed by atoms with van der Waals surface area (Å²) in [6, 6.07) is 8.34. The highest BCUT2D eigenvalue weighted by Gasteiger charge is 2.31. The Morgan fingerprint density at radius 3 is 2.66 bits per heavy atom. The molecule has 2 aliphatic rings. The van der Waals surface area contributed by atoms with E-state index in [1.165, 1.54) is 5.69 Å². The van der Waals surface area contributed by atoms with Gasteiger partial charge in [-0.05, 0) is 32.5 Å². The number of benzene rings is 1. The predicted molar refractivity (Wildman–Crippen MR) is 113 cm³/mol. The number of anilines is 1. The van der Waals surface area contributed by atoms with Crippen LogP contribution in [-0.4, -0.2) is 59.9 Å². The van der Waals surface area contributed by atoms with Crippen LogP contribution in [0.25, 0.3) is 0 Å². The maximum Gasteiger partial charge on any atom is 0.272 e. The summed E-state index contributed by atoms with van der Waals surface area (Å²) < 4.78 is 7.70. The highest BCUT2D eigenvalue weighted by Crippen LogP contribution is 2.31. The number of hydrogen-bond donors (Lipinski definition) is 1. The van der Waals surface area contributed by atoms with E-state index in [0.717, 1.165) is 43.0 Å². The minimum atomic E-state index is -0.115. The second kappa shape index (κ2) is 8.16. The third-order valence-corrected chi connectivity index (χ3v) is 6.00. The first kappa shape index (κ1) is 19.9. The quantitative estimate of drug-likeness (QED) is 0.856. The van der Waals surface area contributed by atoms with E-state index >= 15 is 0 Å². The molecule has 2 aromatic rings. The lowest BCUT2D eigenvalue weighted by Crippen LogP contribution is -2.45. The number of amides is 1. The molecular formula is C22H31N5O2. The molecule has 29 heavy (non-hydrogen) atoms. The molecule has 3 heterocycles. The van der Waals surface area contributed by atoms with Crippen LogP contribution in [0.1, 0.15) is 47.3 Å². The molecule has 2 aliphatic heterocycles. The molecule has 1 saturated heterocycles. The Morgan fingerprint density at radius 2 is 1.90 bits per heavy atom. The summed E-state index contributed by atoms with van der Waals surface area (Å²) >= 11 is 0. The minimum absolute atomic E-state index is 0.0502. The molecule has 7 heteroatoms. The van der Waals surface area contributed by atoms with Gasteiger partial charge in [-0.3, -0.25) is 9.48 Å². The molecule has 1 amide bonds. The molecule has 0 saturated carbocycles. The zero-order valence-corrected chi connectivity index (χ0v) is 17.8. The Kier molecular flexibility index (Phi) is 5.61. The number of aryl methyl sites for hydroxylation is 1. The predicted octanol–water partition coefficient (Wildman–Crippen LogP) is 2.12. The number of nitrogens with one attached hydrogen (secondary N) is 1. The van der Waals surface area contributed by atoms with Crippen molar-refractivity contribution < 1.29 is 9.53 Å². The molecule has 1 N–H and O–H groups in total. The van der Waals surface area contributed by atoms with Crippen molar-refractivity contribution >= 4 is 11.6 Å². The number of nitrogens with zero attached hydrogens (tertiary/aromatic N) is 4. The Morgan fingerprint density at radius 1 is 1.17 bits per heavy atom. The number of piperazine rings is 1. The average Bonchev–Trinajstić information content (AvgIpc) is 3.03. The second-order valence-corrected chi connectivity index (χ2v) is 8.23. The largest absolute Gasteiger partial charge is 0.369 e. The maximum atomic E-state index is 13.0. The number of carbonyl (C=O) groups excluding carboxylic acids is 1. The summed E-state index contributed by atoms with van der Waals surface area (Å²) in [5.41, 5.74) is 4.90. The van der Waals surface area contributed by atoms with Crippen molar-refractivity contribution in [2.75, 3.05) is 38.1 Å². The number of hydrogen-bond acceptors (Lipinski definition) is 5. The highest BCUT2D eigenvalue weighted by molar-refractivity contribution is 5.94. The van der Waals surface area contributed by atoms with Gasteiger partial charge in [0, 0.05) is 57.4 Å². The van der Waals surface area contributed by atoms with E-state index in [1.54, 1.807) is 4.68 Å². The van der Waals surface area contributed by atoms with Gasteiger partial charge in [0.15, 0.2) is 5.69 Å². The van der Waals surface area contributed by atoms with Gasteiger partial charge in [-0.15, -0.1) is 0 Å². The number of ether oxygens (including phenoxy) is 1. The van der Waals surface area contributed by atoms with Gasteiger partial charge in [0.25, 0.3) is 5.91 Å². The smallest absolute Gasteiger partial charge is 0.272 e. The van der Waals surface area contributed by atoms with Crippen molar-refractivity contribution in [3.8, 4) is 0 Å². The van der Waals surface area contributed by atoms with Gasteiger partial charge in [-0.2, -0.15) is 5.10 Å². The van der Waals surface area contributed by atoms with Gasteiger partial charge in [0.2, 0.25) is 0 Å². The van der Waals surface area contributed by atoms with Gasteiger partial charge in [0.1, 0.15) is 0 Å². The monoisotopic (exact) mass is 397 g/mol. The van der Waals surface area contributed by atoms with Crippen molar-refractivity contribution in [1.29, 1.82) is 0 Å². The fourth-order valence-corrected chi connectivity index (χ4v) is 4.50. The van der Waals surface area contributed by atoms with Crippen molar-refractivity contribution in [3.63, 3.8) is 0 Å². The van der Waals surface area contributed by atoms with Gasteiger partial charge in [-0.25, -0.2) is 0 Å². The van der Waals surface area contributed by atoms with Crippen molar-refractivity contribution in [2.24, 2.45) is 7.05 Å². The minimum Gasteiger partial charge on any atom is -0.369 e. The molecule has 0 radical (unpaired) electrons. The Labute approximate surface area is 172 Å². The molecule has 156 valence electrons. The van der Waals surface area contributed by atoms with Crippen LogP contribution in [0.5, 0.6) is 0 Å². The lowest BCUT2D eigenvalue weighted by Gasteiger charge is -2.35. The van der Waals surface area contributed by atoms with Crippen LogP contribution in [-0.2, 0) is 24.8 Å². The maximum absolute atomic E-state index is 13.0. The number of fused-ring (bicyclic) bond motifs is 1. The SMILES string of the molecule is C[C@@H]1Cc2c(C(=O)NCc3ccccc3N3CCN(C)CC3)nn(C)c2[C@H](C)O1. The zero-order chi connectivity index (χ0) is 20.5. The van der Waals surface area contributed by atoms with Crippen LogP contribution in [0.3, 0.4) is 0 Å². The fourth-order valence-electron chi connectivity index (χ4n) is 4.50. The third-order valence-electron chi connectivity index (χ3n) is 6.00. The van der Waals surface area contributed by atoms with Crippen LogP contribution in [0, 0.1) is 0 Å². The number of carbonyl (C=O) groups is 1. The molecule has 0 spiro atoms. The Hall–Kier alpha value is -2.38. The van der Waals surface area contributed by atoms with Crippen molar-refractivity contribution in [3.05, 3.63) is 46.8 Å². The highest BCUT2D eigenvalue weighted by atomic mass is 16.5. The van der Waals surface area contributed by atoms with E-state index < -0.39 is 0 Å². The molecular weight excluding hydrogens is 366 g/mol. The van der Waals surface area contributed by atoms with Crippen LogP contribution >= 0.6 is 0 Å². The number of rotatable bonds is 4. The van der Waals surface area contributed by atoms with Crippen molar-refractivity contribution in [1.82, 2.24) is 20.0 Å². The molecule has 0 bridgehead atoms. The zero-order valence-electron chi connectivity index (χ0n) is 17.8. The Balaban J connectivity index is 1.50. The van der Waals surface area contributed by atoms with Gasteiger partial charge in [-0.1, -0.05) is 18.2 Å². The normalized spacial score (nSPS) is 22.4. The molecule has 1 aromatic carbocycles. The third kappa shape index (κ3) is 4.02. The summed E-state index contributed by atoms with van der Waals surface area (Å²) in [5, 5.41) is 7.62. The van der Waals surface area contributed by atoms with Gasteiger partial charge in [0.05, 0.1) is 17.9 Å². The number of para-hydroxylation sites is 1. The first-order valence-corrected chi connectivity index (χ1v) is 10.4. The van der Waals surface area contributed by atoms with Crippen LogP contribution in [0.15, 0.2) is 24.3 Å². The number of aromatic nitrogens is 2. The summed E-state index contributed by atoms with van der Waals surface area (Å²) in [6.07, 6.45) is 0.755. The molecule has 0 unspecified atom stereocenters. The van der Waals surface area contributed by atoms with Crippen molar-refractivity contribution in [2.45, 2.75) is 39.0 Å². The van der Waals surface area contributed by atoms with Gasteiger partial charge < -0.3 is 19.9 Å². The van der Waals surface area contributed by atoms with Crippen LogP contribution < -0.4 is 10.2 Å². The van der Waals surface area contributed by atoms with E-state index in [1.807, 2.05) is 27.0 Å². The summed E-state index contributed by atoms with van der Waals surface area (Å²) in [4.78, 5) is 17.8. The first-order chi connectivity index (χ1) is 13.9. The summed E-state index contributed by atoms with van der Waals surface area (Å²) in [7, 11) is 4.04. The second-order valence-electron chi connectivity index (χ2n) is 8.23. The van der Waals surface area contributed by atoms with E-state index in [9.17, 15) is 4.79 Å².